The Bertz CT molecular complexity index is 1360. The van der Waals surface area contributed by atoms with E-state index in [2.05, 4.69) is 48.1 Å². The van der Waals surface area contributed by atoms with Gasteiger partial charge in [0.05, 0.1) is 11.1 Å². The third-order valence-electron chi connectivity index (χ3n) is 5.40. The van der Waals surface area contributed by atoms with Crippen molar-refractivity contribution in [1.29, 1.82) is 0 Å². The van der Waals surface area contributed by atoms with Gasteiger partial charge in [0.1, 0.15) is 29.3 Å². The van der Waals surface area contributed by atoms with Crippen molar-refractivity contribution in [2.45, 2.75) is 19.8 Å². The third kappa shape index (κ3) is 3.67. The molecule has 32 heavy (non-hydrogen) atoms. The van der Waals surface area contributed by atoms with Gasteiger partial charge in [-0.15, -0.1) is 0 Å². The van der Waals surface area contributed by atoms with Crippen molar-refractivity contribution < 1.29 is 4.74 Å². The fourth-order valence-corrected chi connectivity index (χ4v) is 3.66. The molecule has 0 amide bonds. The molecule has 2 heterocycles. The van der Waals surface area contributed by atoms with Crippen LogP contribution >= 0.6 is 0 Å². The molecule has 0 unspecified atom stereocenters. The second-order valence-corrected chi connectivity index (χ2v) is 7.90. The highest BCUT2D eigenvalue weighted by atomic mass is 16.5. The van der Waals surface area contributed by atoms with Crippen LogP contribution in [0.25, 0.3) is 28.0 Å². The number of hydrogen-bond donors (Lipinski definition) is 1. The molecule has 6 heteroatoms. The van der Waals surface area contributed by atoms with Gasteiger partial charge in [-0.25, -0.2) is 14.6 Å². The van der Waals surface area contributed by atoms with Crippen LogP contribution in [0.2, 0.25) is 0 Å². The van der Waals surface area contributed by atoms with Gasteiger partial charge in [-0.1, -0.05) is 44.2 Å². The van der Waals surface area contributed by atoms with Gasteiger partial charge in [0.25, 0.3) is 0 Å². The number of benzene rings is 3. The Morgan fingerprint density at radius 1 is 0.812 bits per heavy atom. The molecule has 0 aliphatic heterocycles. The molecule has 0 saturated heterocycles. The van der Waals surface area contributed by atoms with Crippen LogP contribution in [0, 0.1) is 0 Å². The van der Waals surface area contributed by atoms with Gasteiger partial charge in [-0.05, 0) is 60.0 Å². The molecular formula is C26H23N5O. The van der Waals surface area contributed by atoms with Gasteiger partial charge in [-0.2, -0.15) is 5.10 Å². The molecule has 158 valence electrons. The van der Waals surface area contributed by atoms with Gasteiger partial charge in [0.15, 0.2) is 5.65 Å². The molecule has 2 aromatic heterocycles. The zero-order valence-electron chi connectivity index (χ0n) is 17.9. The number of nitrogen functional groups attached to an aromatic ring is 1. The van der Waals surface area contributed by atoms with E-state index in [0.29, 0.717) is 17.4 Å². The lowest BCUT2D eigenvalue weighted by Crippen LogP contribution is -1.99. The molecule has 0 radical (unpaired) electrons. The summed E-state index contributed by atoms with van der Waals surface area (Å²) >= 11 is 0. The molecule has 0 atom stereocenters. The lowest BCUT2D eigenvalue weighted by atomic mass is 10.0. The molecule has 0 aliphatic rings. The van der Waals surface area contributed by atoms with Gasteiger partial charge in [0, 0.05) is 5.56 Å². The quantitative estimate of drug-likeness (QED) is 0.378. The average molecular weight is 422 g/mol. The van der Waals surface area contributed by atoms with Crippen molar-refractivity contribution in [2.75, 3.05) is 5.73 Å². The van der Waals surface area contributed by atoms with E-state index in [9.17, 15) is 0 Å². The SMILES string of the molecule is CC(C)c1ccc(-n2nc(-c3ccc(Oc4ccccc4)cc3)c3c(N)ncnc32)cc1. The zero-order chi connectivity index (χ0) is 22.1. The van der Waals surface area contributed by atoms with Crippen LogP contribution in [-0.4, -0.2) is 19.7 Å². The first-order chi connectivity index (χ1) is 15.6. The first kappa shape index (κ1) is 19.8. The smallest absolute Gasteiger partial charge is 0.169 e. The van der Waals surface area contributed by atoms with Gasteiger partial charge >= 0.3 is 0 Å². The Morgan fingerprint density at radius 3 is 2.19 bits per heavy atom. The lowest BCUT2D eigenvalue weighted by molar-refractivity contribution is 0.483. The fourth-order valence-electron chi connectivity index (χ4n) is 3.66. The maximum atomic E-state index is 6.25. The number of fused-ring (bicyclic) bond motifs is 1. The van der Waals surface area contributed by atoms with Crippen LogP contribution in [-0.2, 0) is 0 Å². The third-order valence-corrected chi connectivity index (χ3v) is 5.40. The Kier molecular flexibility index (Phi) is 5.03. The van der Waals surface area contributed by atoms with Crippen molar-refractivity contribution in [1.82, 2.24) is 19.7 Å². The zero-order valence-corrected chi connectivity index (χ0v) is 17.9. The highest BCUT2D eigenvalue weighted by Crippen LogP contribution is 2.33. The Balaban J connectivity index is 1.56. The number of para-hydroxylation sites is 1. The van der Waals surface area contributed by atoms with Gasteiger partial charge in [0.2, 0.25) is 0 Å². The van der Waals surface area contributed by atoms with Crippen LogP contribution in [0.4, 0.5) is 5.82 Å². The Labute approximate surface area is 186 Å². The summed E-state index contributed by atoms with van der Waals surface area (Å²) in [5, 5.41) is 5.61. The molecule has 6 nitrogen and oxygen atoms in total. The number of rotatable bonds is 5. The predicted octanol–water partition coefficient (Wildman–Crippen LogP) is 5.98. The summed E-state index contributed by atoms with van der Waals surface area (Å²) in [6.45, 7) is 4.35. The molecule has 5 rings (SSSR count). The lowest BCUT2D eigenvalue weighted by Gasteiger charge is -2.07. The predicted molar refractivity (Wildman–Crippen MR) is 127 cm³/mol. The van der Waals surface area contributed by atoms with Crippen molar-refractivity contribution in [2.24, 2.45) is 0 Å². The van der Waals surface area contributed by atoms with Crippen molar-refractivity contribution in [3.8, 4) is 28.4 Å². The van der Waals surface area contributed by atoms with E-state index in [1.165, 1.54) is 11.9 Å². The van der Waals surface area contributed by atoms with E-state index >= 15 is 0 Å². The maximum Gasteiger partial charge on any atom is 0.169 e. The minimum atomic E-state index is 0.402. The first-order valence-electron chi connectivity index (χ1n) is 10.5. The van der Waals surface area contributed by atoms with E-state index in [1.54, 1.807) is 0 Å². The van der Waals surface area contributed by atoms with Gasteiger partial charge < -0.3 is 10.5 Å². The summed E-state index contributed by atoms with van der Waals surface area (Å²) in [6.07, 6.45) is 1.47. The topological polar surface area (TPSA) is 78.9 Å². The summed E-state index contributed by atoms with van der Waals surface area (Å²) in [5.74, 6) is 2.40. The van der Waals surface area contributed by atoms with E-state index in [-0.39, 0.29) is 0 Å². The molecule has 0 aliphatic carbocycles. The standard InChI is InChI=1S/C26H23N5O/c1-17(2)18-8-12-20(13-9-18)31-26-23(25(27)28-16-29-26)24(30-31)19-10-14-22(15-11-19)32-21-6-4-3-5-7-21/h3-17H,1-2H3,(H2,27,28,29). The maximum absolute atomic E-state index is 6.25. The summed E-state index contributed by atoms with van der Waals surface area (Å²) in [7, 11) is 0. The van der Waals surface area contributed by atoms with Crippen molar-refractivity contribution >= 4 is 16.9 Å². The number of hydrogen-bond acceptors (Lipinski definition) is 5. The number of ether oxygens (including phenoxy) is 1. The first-order valence-corrected chi connectivity index (χ1v) is 10.5. The number of nitrogens with two attached hydrogens (primary N) is 1. The molecule has 0 spiro atoms. The van der Waals surface area contributed by atoms with Crippen molar-refractivity contribution in [3.63, 3.8) is 0 Å². The Hall–Kier alpha value is -4.19. The minimum Gasteiger partial charge on any atom is -0.457 e. The van der Waals surface area contributed by atoms with E-state index < -0.39 is 0 Å². The molecule has 5 aromatic rings. The molecular weight excluding hydrogens is 398 g/mol. The van der Waals surface area contributed by atoms with Crippen LogP contribution in [0.3, 0.4) is 0 Å². The monoisotopic (exact) mass is 421 g/mol. The highest BCUT2D eigenvalue weighted by molar-refractivity contribution is 5.98. The summed E-state index contributed by atoms with van der Waals surface area (Å²) in [5.41, 5.74) is 10.8. The normalized spacial score (nSPS) is 11.2. The van der Waals surface area contributed by atoms with E-state index in [0.717, 1.165) is 33.8 Å². The largest absolute Gasteiger partial charge is 0.457 e. The fraction of sp³-hybridized carbons (Fsp3) is 0.115. The summed E-state index contributed by atoms with van der Waals surface area (Å²) < 4.78 is 7.73. The summed E-state index contributed by atoms with van der Waals surface area (Å²) in [4.78, 5) is 8.68. The van der Waals surface area contributed by atoms with Crippen LogP contribution < -0.4 is 10.5 Å². The molecule has 0 bridgehead atoms. The van der Waals surface area contributed by atoms with Gasteiger partial charge in [-0.3, -0.25) is 0 Å². The minimum absolute atomic E-state index is 0.402. The van der Waals surface area contributed by atoms with Crippen LogP contribution in [0.15, 0.2) is 85.2 Å². The highest BCUT2D eigenvalue weighted by Gasteiger charge is 2.18. The molecule has 3 aromatic carbocycles. The molecule has 2 N–H and O–H groups in total. The number of aromatic nitrogens is 4. The Morgan fingerprint density at radius 2 is 1.50 bits per heavy atom. The number of nitrogens with zero attached hydrogens (tertiary/aromatic N) is 4. The van der Waals surface area contributed by atoms with Crippen molar-refractivity contribution in [3.05, 3.63) is 90.8 Å². The van der Waals surface area contributed by atoms with E-state index in [1.807, 2.05) is 59.3 Å². The van der Waals surface area contributed by atoms with E-state index in [4.69, 9.17) is 15.6 Å². The molecule has 0 saturated carbocycles. The van der Waals surface area contributed by atoms with Crippen LogP contribution in [0.1, 0.15) is 25.3 Å². The number of anilines is 1. The second-order valence-electron chi connectivity index (χ2n) is 7.90. The molecule has 0 fully saturated rings. The summed E-state index contributed by atoms with van der Waals surface area (Å²) in [6, 6.07) is 25.8. The van der Waals surface area contributed by atoms with Crippen LogP contribution in [0.5, 0.6) is 11.5 Å². The second kappa shape index (κ2) is 8.15. The average Bonchev–Trinajstić information content (AvgIpc) is 3.21.